The van der Waals surface area contributed by atoms with Crippen molar-refractivity contribution < 1.29 is 9.18 Å². The van der Waals surface area contributed by atoms with Gasteiger partial charge in [0.2, 0.25) is 0 Å². The molecule has 138 valence electrons. The lowest BCUT2D eigenvalue weighted by atomic mass is 10.1. The third-order valence-electron chi connectivity index (χ3n) is 3.99. The van der Waals surface area contributed by atoms with Crippen LogP contribution >= 0.6 is 0 Å². The van der Waals surface area contributed by atoms with Crippen LogP contribution in [0.3, 0.4) is 0 Å². The van der Waals surface area contributed by atoms with Gasteiger partial charge in [0.1, 0.15) is 11.6 Å². The number of amides is 1. The number of nitrogens with zero attached hydrogens (tertiary/aromatic N) is 4. The fraction of sp³-hybridized carbons (Fsp3) is 0.0500. The monoisotopic (exact) mass is 374 g/mol. The Morgan fingerprint density at radius 2 is 2.00 bits per heavy atom. The lowest BCUT2D eigenvalue weighted by Gasteiger charge is -2.02. The average Bonchev–Trinajstić information content (AvgIpc) is 3.18. The quantitative estimate of drug-likeness (QED) is 0.560. The van der Waals surface area contributed by atoms with Crippen LogP contribution in [0.25, 0.3) is 22.6 Å². The van der Waals surface area contributed by atoms with Gasteiger partial charge in [0.05, 0.1) is 23.6 Å². The molecule has 1 amide bonds. The summed E-state index contributed by atoms with van der Waals surface area (Å²) >= 11 is 0. The first-order chi connectivity index (χ1) is 13.7. The van der Waals surface area contributed by atoms with Gasteiger partial charge in [0.25, 0.3) is 5.91 Å². The molecule has 0 bridgehead atoms. The molecule has 7 nitrogen and oxygen atoms in total. The van der Waals surface area contributed by atoms with Gasteiger partial charge in [-0.25, -0.2) is 9.37 Å². The maximum atomic E-state index is 13.7. The molecule has 0 fully saturated rings. The first-order valence-corrected chi connectivity index (χ1v) is 8.53. The number of imidazole rings is 1. The van der Waals surface area contributed by atoms with E-state index in [1.807, 2.05) is 18.2 Å². The van der Waals surface area contributed by atoms with Gasteiger partial charge in [-0.1, -0.05) is 18.2 Å². The zero-order valence-corrected chi connectivity index (χ0v) is 14.6. The molecule has 0 saturated carbocycles. The number of carbonyl (C=O) groups excluding carboxylic acids is 1. The minimum atomic E-state index is -0.365. The third-order valence-corrected chi connectivity index (χ3v) is 3.99. The van der Waals surface area contributed by atoms with E-state index >= 15 is 0 Å². The SMILES string of the molecule is O=C(NCc1nc(-c2cccc(F)c2)c(-c2ccccn2)[nH]1)c1cccnn1. The molecule has 2 N–H and O–H groups in total. The molecule has 0 saturated heterocycles. The molecule has 4 aromatic rings. The van der Waals surface area contributed by atoms with Crippen molar-refractivity contribution in [2.75, 3.05) is 0 Å². The normalized spacial score (nSPS) is 10.6. The van der Waals surface area contributed by atoms with E-state index in [2.05, 4.69) is 30.5 Å². The fourth-order valence-corrected chi connectivity index (χ4v) is 2.72. The van der Waals surface area contributed by atoms with Gasteiger partial charge in [-0.2, -0.15) is 5.10 Å². The zero-order chi connectivity index (χ0) is 19.3. The van der Waals surface area contributed by atoms with Gasteiger partial charge >= 0.3 is 0 Å². The van der Waals surface area contributed by atoms with Crippen LogP contribution in [0.1, 0.15) is 16.3 Å². The number of hydrogen-bond donors (Lipinski definition) is 2. The van der Waals surface area contributed by atoms with Crippen LogP contribution in [0.2, 0.25) is 0 Å². The predicted molar refractivity (Wildman–Crippen MR) is 100 cm³/mol. The summed E-state index contributed by atoms with van der Waals surface area (Å²) in [6.45, 7) is 0.143. The van der Waals surface area contributed by atoms with E-state index in [9.17, 15) is 9.18 Å². The predicted octanol–water partition coefficient (Wildman–Crippen LogP) is 3.00. The Morgan fingerprint density at radius 1 is 1.07 bits per heavy atom. The Balaban J connectivity index is 1.65. The van der Waals surface area contributed by atoms with Gasteiger partial charge in [-0.3, -0.25) is 9.78 Å². The van der Waals surface area contributed by atoms with E-state index in [1.165, 1.54) is 18.3 Å². The highest BCUT2D eigenvalue weighted by Crippen LogP contribution is 2.29. The molecule has 28 heavy (non-hydrogen) atoms. The molecule has 0 aliphatic rings. The minimum Gasteiger partial charge on any atom is -0.343 e. The summed E-state index contributed by atoms with van der Waals surface area (Å²) in [5.74, 6) is -0.210. The second kappa shape index (κ2) is 7.75. The Morgan fingerprint density at radius 3 is 2.75 bits per heavy atom. The first-order valence-electron chi connectivity index (χ1n) is 8.53. The number of nitrogens with one attached hydrogen (secondary N) is 2. The van der Waals surface area contributed by atoms with E-state index < -0.39 is 0 Å². The smallest absolute Gasteiger partial charge is 0.272 e. The highest BCUT2D eigenvalue weighted by Gasteiger charge is 2.16. The zero-order valence-electron chi connectivity index (χ0n) is 14.6. The van der Waals surface area contributed by atoms with E-state index in [1.54, 1.807) is 30.5 Å². The molecule has 8 heteroatoms. The van der Waals surface area contributed by atoms with Gasteiger partial charge in [-0.15, -0.1) is 5.10 Å². The molecule has 0 unspecified atom stereocenters. The largest absolute Gasteiger partial charge is 0.343 e. The van der Waals surface area contributed by atoms with Crippen molar-refractivity contribution in [2.24, 2.45) is 0 Å². The first kappa shape index (κ1) is 17.5. The van der Waals surface area contributed by atoms with Crippen molar-refractivity contribution in [3.63, 3.8) is 0 Å². The highest BCUT2D eigenvalue weighted by molar-refractivity contribution is 5.91. The van der Waals surface area contributed by atoms with Crippen LogP contribution in [-0.2, 0) is 6.54 Å². The molecular formula is C20H15FN6O. The van der Waals surface area contributed by atoms with Crippen molar-refractivity contribution >= 4 is 5.91 Å². The molecule has 0 spiro atoms. The molecule has 0 radical (unpaired) electrons. The number of aromatic amines is 1. The summed E-state index contributed by atoms with van der Waals surface area (Å²) in [7, 11) is 0. The van der Waals surface area contributed by atoms with E-state index in [0.29, 0.717) is 28.5 Å². The maximum absolute atomic E-state index is 13.7. The molecule has 3 heterocycles. The highest BCUT2D eigenvalue weighted by atomic mass is 19.1. The molecule has 0 atom stereocenters. The Bertz CT molecular complexity index is 1100. The van der Waals surface area contributed by atoms with Gasteiger partial charge in [0.15, 0.2) is 5.69 Å². The number of carbonyl (C=O) groups is 1. The van der Waals surface area contributed by atoms with Crippen LogP contribution in [0.15, 0.2) is 67.0 Å². The number of benzene rings is 1. The molecular weight excluding hydrogens is 359 g/mol. The second-order valence-electron chi connectivity index (χ2n) is 5.92. The molecule has 0 aliphatic carbocycles. The van der Waals surface area contributed by atoms with Crippen LogP contribution in [-0.4, -0.2) is 31.1 Å². The van der Waals surface area contributed by atoms with Crippen molar-refractivity contribution in [1.29, 1.82) is 0 Å². The lowest BCUT2D eigenvalue weighted by Crippen LogP contribution is -2.24. The number of hydrogen-bond acceptors (Lipinski definition) is 5. The van der Waals surface area contributed by atoms with Crippen LogP contribution < -0.4 is 5.32 Å². The van der Waals surface area contributed by atoms with Crippen LogP contribution in [0.5, 0.6) is 0 Å². The van der Waals surface area contributed by atoms with Crippen molar-refractivity contribution in [2.45, 2.75) is 6.54 Å². The fourth-order valence-electron chi connectivity index (χ4n) is 2.72. The molecule has 3 aromatic heterocycles. The summed E-state index contributed by atoms with van der Waals surface area (Å²) in [6.07, 6.45) is 3.16. The lowest BCUT2D eigenvalue weighted by molar-refractivity contribution is 0.0944. The van der Waals surface area contributed by atoms with Crippen molar-refractivity contribution in [3.05, 3.63) is 84.3 Å². The van der Waals surface area contributed by atoms with E-state index in [4.69, 9.17) is 0 Å². The Hall–Kier alpha value is -3.94. The van der Waals surface area contributed by atoms with E-state index in [-0.39, 0.29) is 24.0 Å². The molecule has 4 rings (SSSR count). The summed E-state index contributed by atoms with van der Waals surface area (Å²) in [6, 6.07) is 14.9. The number of halogens is 1. The third kappa shape index (κ3) is 3.75. The Kier molecular flexibility index (Phi) is 4.83. The van der Waals surface area contributed by atoms with Gasteiger partial charge in [-0.05, 0) is 36.4 Å². The molecule has 0 aliphatic heterocycles. The number of H-pyrrole nitrogens is 1. The van der Waals surface area contributed by atoms with Gasteiger partial charge in [0, 0.05) is 18.0 Å². The second-order valence-corrected chi connectivity index (χ2v) is 5.92. The maximum Gasteiger partial charge on any atom is 0.272 e. The Labute approximate surface area is 159 Å². The van der Waals surface area contributed by atoms with Crippen LogP contribution in [0.4, 0.5) is 4.39 Å². The molecule has 1 aromatic carbocycles. The van der Waals surface area contributed by atoms with E-state index in [0.717, 1.165) is 0 Å². The number of aromatic nitrogens is 5. The summed E-state index contributed by atoms with van der Waals surface area (Å²) in [5.41, 5.74) is 2.70. The van der Waals surface area contributed by atoms with Crippen LogP contribution in [0, 0.1) is 5.82 Å². The topological polar surface area (TPSA) is 96.5 Å². The summed E-state index contributed by atoms with van der Waals surface area (Å²) in [4.78, 5) is 24.2. The number of pyridine rings is 1. The van der Waals surface area contributed by atoms with Crippen molar-refractivity contribution in [3.8, 4) is 22.6 Å². The summed E-state index contributed by atoms with van der Waals surface area (Å²) in [5, 5.41) is 10.2. The average molecular weight is 374 g/mol. The summed E-state index contributed by atoms with van der Waals surface area (Å²) < 4.78 is 13.7. The standard InChI is InChI=1S/C20H15FN6O/c21-14-6-3-5-13(11-14)18-19(15-7-1-2-9-22-15)26-17(25-18)12-23-20(28)16-8-4-10-24-27-16/h1-11H,12H2,(H,23,28)(H,25,26). The minimum absolute atomic E-state index is 0.143. The van der Waals surface area contributed by atoms with Gasteiger partial charge < -0.3 is 10.3 Å². The van der Waals surface area contributed by atoms with Crippen molar-refractivity contribution in [1.82, 2.24) is 30.5 Å². The number of rotatable bonds is 5.